The summed E-state index contributed by atoms with van der Waals surface area (Å²) in [5, 5.41) is 30.9. The number of benzene rings is 3. The van der Waals surface area contributed by atoms with Crippen molar-refractivity contribution < 1.29 is 48.6 Å². The minimum Gasteiger partial charge on any atom is -0.504 e. The van der Waals surface area contributed by atoms with Gasteiger partial charge in [-0.1, -0.05) is 53.2 Å². The molecule has 332 valence electrons. The van der Waals surface area contributed by atoms with E-state index in [-0.39, 0.29) is 51.2 Å². The van der Waals surface area contributed by atoms with Gasteiger partial charge in [-0.15, -0.1) is 0 Å². The van der Waals surface area contributed by atoms with E-state index in [1.54, 1.807) is 20.3 Å². The highest BCUT2D eigenvalue weighted by molar-refractivity contribution is 6.06. The van der Waals surface area contributed by atoms with Crippen LogP contribution in [-0.4, -0.2) is 60.1 Å². The third-order valence-corrected chi connectivity index (χ3v) is 17.7. The Hall–Kier alpha value is -4.86. The third kappa shape index (κ3) is 5.93. The zero-order valence-corrected chi connectivity index (χ0v) is 38.1. The van der Waals surface area contributed by atoms with Crippen LogP contribution in [0.25, 0.3) is 0 Å². The van der Waals surface area contributed by atoms with Gasteiger partial charge in [0.15, 0.2) is 28.8 Å². The largest absolute Gasteiger partial charge is 0.504 e. The first-order valence-corrected chi connectivity index (χ1v) is 22.6. The second-order valence-corrected chi connectivity index (χ2v) is 21.2. The van der Waals surface area contributed by atoms with Crippen LogP contribution in [0.15, 0.2) is 42.0 Å². The van der Waals surface area contributed by atoms with Gasteiger partial charge < -0.3 is 39.0 Å². The zero-order chi connectivity index (χ0) is 44.5. The quantitative estimate of drug-likeness (QED) is 0.172. The Morgan fingerprint density at radius 2 is 1.58 bits per heavy atom. The van der Waals surface area contributed by atoms with E-state index in [4.69, 9.17) is 23.7 Å². The van der Waals surface area contributed by atoms with E-state index in [2.05, 4.69) is 47.6 Å². The number of ether oxygens (including phenoxy) is 5. The second-order valence-electron chi connectivity index (χ2n) is 21.2. The lowest BCUT2D eigenvalue weighted by atomic mass is 9.34. The molecule has 0 bridgehead atoms. The fourth-order valence-electron chi connectivity index (χ4n) is 13.4. The molecule has 0 amide bonds. The molecule has 3 N–H and O–H groups in total. The van der Waals surface area contributed by atoms with Crippen LogP contribution in [0, 0.1) is 40.4 Å². The van der Waals surface area contributed by atoms with Gasteiger partial charge in [0.05, 0.1) is 31.1 Å². The van der Waals surface area contributed by atoms with Gasteiger partial charge in [-0.3, -0.25) is 9.59 Å². The number of phenols is 2. The summed E-state index contributed by atoms with van der Waals surface area (Å²) in [6.45, 7) is 18.1. The number of carboxylic acids is 1. The van der Waals surface area contributed by atoms with Gasteiger partial charge in [0.1, 0.15) is 36.1 Å². The Bertz CT molecular complexity index is 2420. The number of allylic oxidation sites excluding steroid dienone is 2. The lowest BCUT2D eigenvalue weighted by Gasteiger charge is -2.69. The van der Waals surface area contributed by atoms with Gasteiger partial charge in [-0.25, -0.2) is 0 Å². The lowest BCUT2D eigenvalue weighted by molar-refractivity contribution is -0.177. The van der Waals surface area contributed by atoms with Crippen molar-refractivity contribution in [1.82, 2.24) is 0 Å². The maximum Gasteiger partial charge on any atom is 0.309 e. The first kappa shape index (κ1) is 42.4. The molecular weight excluding hydrogens is 785 g/mol. The molecule has 9 unspecified atom stereocenters. The van der Waals surface area contributed by atoms with E-state index < -0.39 is 17.3 Å². The van der Waals surface area contributed by atoms with Gasteiger partial charge in [-0.2, -0.15) is 0 Å². The average Bonchev–Trinajstić information content (AvgIpc) is 3.70. The Morgan fingerprint density at radius 3 is 2.27 bits per heavy atom. The molecule has 3 aromatic rings. The van der Waals surface area contributed by atoms with E-state index in [1.165, 1.54) is 11.1 Å². The first-order valence-electron chi connectivity index (χ1n) is 22.6. The minimum atomic E-state index is -0.641. The van der Waals surface area contributed by atoms with Gasteiger partial charge in [0.25, 0.3) is 0 Å². The highest BCUT2D eigenvalue weighted by atomic mass is 16.5. The Labute approximate surface area is 366 Å². The summed E-state index contributed by atoms with van der Waals surface area (Å²) >= 11 is 0. The van der Waals surface area contributed by atoms with E-state index in [9.17, 15) is 24.9 Å². The minimum absolute atomic E-state index is 0.00431. The number of Topliss-reactive ketones (excluding diaryl/α,β-unsaturated/α-hetero) is 1. The van der Waals surface area contributed by atoms with Crippen LogP contribution in [0.3, 0.4) is 0 Å². The molecule has 62 heavy (non-hydrogen) atoms. The SMILES string of the molecule is COc1cc2c(cc1OC)C1C(=O)c3ccc4c(c3OC1CO2)CC(C(C)C)O4.Cc1c(O)c(O)cc2c1CC=C1C2(C)CCC2(C)C3CC(C)(C(=O)O)CCC3(C)CCC12C. The van der Waals surface area contributed by atoms with E-state index in [1.807, 2.05) is 38.1 Å². The van der Waals surface area contributed by atoms with Crippen LogP contribution in [0.2, 0.25) is 0 Å². The fraction of sp³-hybridized carbons (Fsp3) is 0.577. The van der Waals surface area contributed by atoms with Crippen LogP contribution in [0.5, 0.6) is 40.2 Å². The van der Waals surface area contributed by atoms with Crippen molar-refractivity contribution >= 4 is 11.8 Å². The van der Waals surface area contributed by atoms with Crippen LogP contribution >= 0.6 is 0 Å². The lowest BCUT2D eigenvalue weighted by Crippen LogP contribution is -2.62. The number of rotatable bonds is 4. The number of fused-ring (bicyclic) bond motifs is 13. The highest BCUT2D eigenvalue weighted by Gasteiger charge is 2.67. The number of hydrogen-bond acceptors (Lipinski definition) is 9. The molecule has 0 saturated heterocycles. The van der Waals surface area contributed by atoms with Gasteiger partial charge in [0, 0.05) is 29.0 Å². The maximum atomic E-state index is 13.5. The summed E-state index contributed by atoms with van der Waals surface area (Å²) in [7, 11) is 3.16. The number of phenolic OH excluding ortho intramolecular Hbond substituents is 2. The van der Waals surface area contributed by atoms with Crippen molar-refractivity contribution in [3.8, 4) is 40.2 Å². The summed E-state index contributed by atoms with van der Waals surface area (Å²) in [4.78, 5) is 25.8. The Morgan fingerprint density at radius 1 is 0.871 bits per heavy atom. The smallest absolute Gasteiger partial charge is 0.309 e. The molecular formula is C52H64O10. The van der Waals surface area contributed by atoms with Crippen LogP contribution in [-0.2, 0) is 23.1 Å². The highest BCUT2D eigenvalue weighted by Crippen LogP contribution is 2.74. The number of ketones is 1. The van der Waals surface area contributed by atoms with Crippen molar-refractivity contribution in [2.24, 2.45) is 33.5 Å². The molecule has 10 nitrogen and oxygen atoms in total. The van der Waals surface area contributed by atoms with Crippen molar-refractivity contribution in [3.63, 3.8) is 0 Å². The monoisotopic (exact) mass is 848 g/mol. The van der Waals surface area contributed by atoms with Crippen LogP contribution < -0.4 is 23.7 Å². The predicted octanol–water partition coefficient (Wildman–Crippen LogP) is 10.4. The van der Waals surface area contributed by atoms with Gasteiger partial charge >= 0.3 is 5.97 Å². The topological polar surface area (TPSA) is 141 Å². The summed E-state index contributed by atoms with van der Waals surface area (Å²) in [5.41, 5.74) is 6.38. The molecule has 3 saturated carbocycles. The molecule has 3 aromatic carbocycles. The molecule has 3 fully saturated rings. The summed E-state index contributed by atoms with van der Waals surface area (Å²) < 4.78 is 29.2. The van der Waals surface area contributed by atoms with E-state index in [0.717, 1.165) is 85.8 Å². The molecule has 3 aliphatic heterocycles. The summed E-state index contributed by atoms with van der Waals surface area (Å²) in [6.07, 6.45) is 10.5. The standard InChI is InChI=1S/C29H40O4.C23H24O6/c1-17-18-7-8-21-27(4,19(18)15-20(30)23(17)31)12-14-29(6)22-16-26(3,24(32)33)10-9-25(22,2)11-13-28(21,29)5;1-11(2)16-8-14-15(28-16)6-5-12-22(24)21-13-7-18(25-3)19(26-4)9-17(13)27-10-20(21)29-23(12)14/h8,15,22,30-31H,7,9-14,16H2,1-6H3,(H,32,33);5-7,9,11,16,20-21H,8,10H2,1-4H3. The zero-order valence-electron chi connectivity index (χ0n) is 38.1. The van der Waals surface area contributed by atoms with E-state index >= 15 is 0 Å². The van der Waals surface area contributed by atoms with Crippen molar-refractivity contribution in [2.75, 3.05) is 20.8 Å². The molecule has 0 radical (unpaired) electrons. The van der Waals surface area contributed by atoms with Crippen molar-refractivity contribution in [3.05, 3.63) is 75.4 Å². The van der Waals surface area contributed by atoms with Gasteiger partial charge in [-0.05, 0) is 134 Å². The molecule has 4 aliphatic carbocycles. The number of aromatic hydroxyl groups is 2. The van der Waals surface area contributed by atoms with E-state index in [0.29, 0.717) is 47.0 Å². The molecule has 10 heteroatoms. The number of aliphatic carboxylic acids is 1. The van der Waals surface area contributed by atoms with Gasteiger partial charge in [0.2, 0.25) is 0 Å². The Balaban J connectivity index is 0.000000159. The summed E-state index contributed by atoms with van der Waals surface area (Å²) in [6, 6.07) is 9.13. The number of methoxy groups -OCH3 is 2. The van der Waals surface area contributed by atoms with Crippen molar-refractivity contribution in [2.45, 2.75) is 137 Å². The third-order valence-electron chi connectivity index (χ3n) is 17.7. The predicted molar refractivity (Wildman–Crippen MR) is 235 cm³/mol. The first-order chi connectivity index (χ1) is 29.2. The fourth-order valence-corrected chi connectivity index (χ4v) is 13.4. The summed E-state index contributed by atoms with van der Waals surface area (Å²) in [5.74, 6) is 2.96. The molecule has 3 heterocycles. The van der Waals surface area contributed by atoms with Crippen molar-refractivity contribution in [1.29, 1.82) is 0 Å². The maximum absolute atomic E-state index is 13.5. The average molecular weight is 849 g/mol. The van der Waals surface area contributed by atoms with Crippen LogP contribution in [0.4, 0.5) is 0 Å². The number of carboxylic acid groups (broad SMARTS) is 1. The molecule has 9 atom stereocenters. The molecule has 10 rings (SSSR count). The molecule has 0 spiro atoms. The normalized spacial score (nSPS) is 34.6. The molecule has 0 aromatic heterocycles. The number of carbonyl (C=O) groups is 2. The van der Waals surface area contributed by atoms with Crippen LogP contribution in [0.1, 0.15) is 138 Å². The second kappa shape index (κ2) is 14.3. The number of carbonyl (C=O) groups excluding carboxylic acids is 1. The Kier molecular flexibility index (Phi) is 9.81. The molecule has 7 aliphatic rings. The number of hydrogen-bond donors (Lipinski definition) is 3.